The second-order valence-electron chi connectivity index (χ2n) is 11.8. The number of nitrogens with zero attached hydrogens (tertiary/aromatic N) is 5. The number of hydrogen-bond acceptors (Lipinski definition) is 8. The number of hydrazine groups is 1. The Kier molecular flexibility index (Phi) is 12.0. The zero-order chi connectivity index (χ0) is 34.5. The van der Waals surface area contributed by atoms with Gasteiger partial charge in [-0.15, -0.1) is 0 Å². The normalized spacial score (nSPS) is 16.8. The van der Waals surface area contributed by atoms with Gasteiger partial charge >= 0.3 is 0 Å². The van der Waals surface area contributed by atoms with E-state index in [-0.39, 0.29) is 25.5 Å². The first-order valence-corrected chi connectivity index (χ1v) is 16.1. The molecule has 4 aromatic rings. The molecule has 0 unspecified atom stereocenters. The largest absolute Gasteiger partial charge is 0.494 e. The average molecular weight is 660 g/mol. The quantitative estimate of drug-likeness (QED) is 0.0412. The number of anilines is 1. The van der Waals surface area contributed by atoms with Crippen LogP contribution in [0.25, 0.3) is 16.5 Å². The molecule has 0 fully saturated rings. The van der Waals surface area contributed by atoms with Gasteiger partial charge in [-0.2, -0.15) is 0 Å². The van der Waals surface area contributed by atoms with E-state index < -0.39 is 11.6 Å². The summed E-state index contributed by atoms with van der Waals surface area (Å²) < 4.78 is 12.4. The summed E-state index contributed by atoms with van der Waals surface area (Å²) in [5.41, 5.74) is 18.9. The molecule has 3 N–H and O–H groups in total. The van der Waals surface area contributed by atoms with Gasteiger partial charge in [0.15, 0.2) is 11.6 Å². The van der Waals surface area contributed by atoms with Crippen LogP contribution in [0, 0.1) is 0 Å². The number of aliphatic imine (C=N–C) groups is 1. The van der Waals surface area contributed by atoms with Crippen LogP contribution in [0.2, 0.25) is 0 Å². The second-order valence-corrected chi connectivity index (χ2v) is 11.8. The zero-order valence-corrected chi connectivity index (χ0v) is 27.7. The van der Waals surface area contributed by atoms with E-state index in [0.29, 0.717) is 42.3 Å². The smallest absolute Gasteiger partial charge is 0.266 e. The van der Waals surface area contributed by atoms with Gasteiger partial charge in [0.25, 0.3) is 5.91 Å². The third kappa shape index (κ3) is 8.85. The number of carbonyl (C=O) groups excluding carboxylic acids is 1. The molecule has 0 saturated heterocycles. The van der Waals surface area contributed by atoms with E-state index in [1.807, 2.05) is 134 Å². The van der Waals surface area contributed by atoms with Gasteiger partial charge in [0, 0.05) is 56.3 Å². The van der Waals surface area contributed by atoms with Crippen LogP contribution in [0.3, 0.4) is 0 Å². The summed E-state index contributed by atoms with van der Waals surface area (Å²) in [5, 5.41) is 12.9. The van der Waals surface area contributed by atoms with Crippen LogP contribution in [0.1, 0.15) is 46.8 Å². The fourth-order valence-electron chi connectivity index (χ4n) is 5.52. The number of amides is 1. The van der Waals surface area contributed by atoms with E-state index in [9.17, 15) is 4.79 Å². The average Bonchev–Trinajstić information content (AvgIpc) is 3.52. The van der Waals surface area contributed by atoms with E-state index in [1.165, 1.54) is 0 Å². The van der Waals surface area contributed by atoms with Crippen molar-refractivity contribution in [3.8, 4) is 5.75 Å². The number of hydrogen-bond donors (Lipinski definition) is 3. The zero-order valence-electron chi connectivity index (χ0n) is 27.7. The van der Waals surface area contributed by atoms with Gasteiger partial charge in [0.1, 0.15) is 5.75 Å². The Bertz CT molecular complexity index is 1790. The van der Waals surface area contributed by atoms with Crippen molar-refractivity contribution in [2.75, 3.05) is 32.2 Å². The van der Waals surface area contributed by atoms with Crippen molar-refractivity contribution in [2.24, 2.45) is 10.1 Å². The van der Waals surface area contributed by atoms with Crippen molar-refractivity contribution < 1.29 is 19.4 Å². The van der Waals surface area contributed by atoms with Gasteiger partial charge in [-0.05, 0) is 64.2 Å². The lowest BCUT2D eigenvalue weighted by Crippen LogP contribution is -2.52. The van der Waals surface area contributed by atoms with Crippen molar-refractivity contribution in [1.82, 2.24) is 10.9 Å². The van der Waals surface area contributed by atoms with Crippen LogP contribution in [0.5, 0.6) is 5.75 Å². The molecule has 0 bridgehead atoms. The SMILES string of the molecule is CN(C)c1ccc(CNNC(=O)[C@@]2(C/C=C/c3ccccc3)N=C(c3ccc(OCCCO)cc3)O[C@H]2c2ccccc2CN=[N+]=[N-])cc1. The van der Waals surface area contributed by atoms with Crippen molar-refractivity contribution in [3.63, 3.8) is 0 Å². The highest BCUT2D eigenvalue weighted by Crippen LogP contribution is 2.44. The maximum atomic E-state index is 14.5. The number of ether oxygens (including phenoxy) is 2. The molecule has 0 aliphatic carbocycles. The minimum Gasteiger partial charge on any atom is -0.494 e. The highest BCUT2D eigenvalue weighted by Gasteiger charge is 2.53. The summed E-state index contributed by atoms with van der Waals surface area (Å²) in [6, 6.07) is 32.7. The molecule has 252 valence electrons. The molecule has 49 heavy (non-hydrogen) atoms. The van der Waals surface area contributed by atoms with Gasteiger partial charge in [0.2, 0.25) is 5.90 Å². The Morgan fingerprint density at radius 1 is 1.04 bits per heavy atom. The lowest BCUT2D eigenvalue weighted by atomic mass is 9.82. The first kappa shape index (κ1) is 34.7. The van der Waals surface area contributed by atoms with Gasteiger partial charge in [-0.1, -0.05) is 84.0 Å². The maximum Gasteiger partial charge on any atom is 0.266 e. The molecular formula is C38H41N7O4. The van der Waals surface area contributed by atoms with Crippen LogP contribution in [-0.2, 0) is 22.6 Å². The van der Waals surface area contributed by atoms with E-state index >= 15 is 0 Å². The van der Waals surface area contributed by atoms with E-state index in [0.717, 1.165) is 22.4 Å². The molecule has 2 atom stereocenters. The first-order chi connectivity index (χ1) is 23.9. The molecule has 4 aromatic carbocycles. The molecule has 1 aliphatic heterocycles. The third-order valence-electron chi connectivity index (χ3n) is 8.16. The van der Waals surface area contributed by atoms with E-state index in [2.05, 4.69) is 20.9 Å². The van der Waals surface area contributed by atoms with Crippen LogP contribution in [0.15, 0.2) is 119 Å². The minimum atomic E-state index is -1.44. The Morgan fingerprint density at radius 3 is 2.49 bits per heavy atom. The van der Waals surface area contributed by atoms with Crippen LogP contribution >= 0.6 is 0 Å². The van der Waals surface area contributed by atoms with Gasteiger partial charge in [-0.25, -0.2) is 10.4 Å². The highest BCUT2D eigenvalue weighted by atomic mass is 16.5. The molecular weight excluding hydrogens is 618 g/mol. The topological polar surface area (TPSA) is 144 Å². The molecule has 1 aliphatic rings. The standard InChI is InChI=1S/C38H41N7O4/c1-45(2)32-19-15-29(16-20-32)26-40-43-37(47)38(23-8-12-28-10-4-3-5-11-28)35(34-14-7-6-13-31(34)27-41-44-39)49-36(42-38)30-17-21-33(22-18-30)48-25-9-24-46/h3-8,10-22,35,40,46H,9,23-27H2,1-2H3,(H,43,47)/b12-8+/t35-,38-/m0/s1. The van der Waals surface area contributed by atoms with Gasteiger partial charge in [-0.3, -0.25) is 10.2 Å². The van der Waals surface area contributed by atoms with E-state index in [1.54, 1.807) is 0 Å². The highest BCUT2D eigenvalue weighted by molar-refractivity contribution is 6.01. The van der Waals surface area contributed by atoms with Gasteiger partial charge < -0.3 is 19.5 Å². The van der Waals surface area contributed by atoms with Gasteiger partial charge in [0.05, 0.1) is 13.2 Å². The number of benzene rings is 4. The summed E-state index contributed by atoms with van der Waals surface area (Å²) in [5.74, 6) is 0.565. The van der Waals surface area contributed by atoms with Crippen molar-refractivity contribution in [3.05, 3.63) is 147 Å². The summed E-state index contributed by atoms with van der Waals surface area (Å²) in [6.07, 6.45) is 3.78. The van der Waals surface area contributed by atoms with Crippen LogP contribution in [0.4, 0.5) is 5.69 Å². The summed E-state index contributed by atoms with van der Waals surface area (Å²) in [6.45, 7) is 0.913. The Hall–Kier alpha value is -5.61. The number of aliphatic hydroxyl groups excluding tert-OH is 1. The Morgan fingerprint density at radius 2 is 1.78 bits per heavy atom. The molecule has 0 spiro atoms. The number of azide groups is 1. The van der Waals surface area contributed by atoms with Crippen LogP contribution < -0.4 is 20.5 Å². The third-order valence-corrected chi connectivity index (χ3v) is 8.16. The first-order valence-electron chi connectivity index (χ1n) is 16.1. The number of carbonyl (C=O) groups is 1. The van der Waals surface area contributed by atoms with Crippen LogP contribution in [-0.4, -0.2) is 49.8 Å². The predicted molar refractivity (Wildman–Crippen MR) is 192 cm³/mol. The Balaban J connectivity index is 1.52. The molecule has 0 radical (unpaired) electrons. The predicted octanol–water partition coefficient (Wildman–Crippen LogP) is 6.51. The van der Waals surface area contributed by atoms with Crippen molar-refractivity contribution in [1.29, 1.82) is 0 Å². The lowest BCUT2D eigenvalue weighted by Gasteiger charge is -2.31. The van der Waals surface area contributed by atoms with Crippen molar-refractivity contribution >= 4 is 23.6 Å². The molecule has 0 aromatic heterocycles. The minimum absolute atomic E-state index is 0.0473. The molecule has 11 heteroatoms. The molecule has 1 amide bonds. The fraction of sp³-hybridized carbons (Fsp3) is 0.263. The maximum absolute atomic E-state index is 14.5. The molecule has 0 saturated carbocycles. The summed E-state index contributed by atoms with van der Waals surface area (Å²) in [4.78, 5) is 24.6. The lowest BCUT2D eigenvalue weighted by molar-refractivity contribution is -0.129. The fourth-order valence-corrected chi connectivity index (χ4v) is 5.52. The molecule has 5 rings (SSSR count). The summed E-state index contributed by atoms with van der Waals surface area (Å²) >= 11 is 0. The van der Waals surface area contributed by atoms with Crippen molar-refractivity contribution in [2.45, 2.75) is 37.6 Å². The number of nitrogens with one attached hydrogen (secondary N) is 2. The summed E-state index contributed by atoms with van der Waals surface area (Å²) in [7, 11) is 3.97. The molecule has 11 nitrogen and oxygen atoms in total. The molecule has 1 heterocycles. The monoisotopic (exact) mass is 659 g/mol. The number of rotatable bonds is 16. The second kappa shape index (κ2) is 17.0. The van der Waals surface area contributed by atoms with E-state index in [4.69, 9.17) is 25.1 Å². The Labute approximate surface area is 286 Å². The number of aliphatic hydroxyl groups is 1.